The first kappa shape index (κ1) is 10.7. The molecule has 0 saturated carbocycles. The van der Waals surface area contributed by atoms with Crippen molar-refractivity contribution in [3.05, 3.63) is 0 Å². The van der Waals surface area contributed by atoms with Gasteiger partial charge >= 0.3 is 0 Å². The maximum absolute atomic E-state index is 11.0. The molecule has 0 amide bonds. The Kier molecular flexibility index (Phi) is 5.18. The summed E-state index contributed by atoms with van der Waals surface area (Å²) in [5.74, 6) is 1.65. The van der Waals surface area contributed by atoms with Gasteiger partial charge in [-0.05, 0) is 11.8 Å². The van der Waals surface area contributed by atoms with Crippen LogP contribution in [0.15, 0.2) is 0 Å². The van der Waals surface area contributed by atoms with Crippen LogP contribution in [0.1, 0.15) is 47.0 Å². The first-order chi connectivity index (χ1) is 5.11. The monoisotopic (exact) mass is 156 g/mol. The Morgan fingerprint density at radius 2 is 1.73 bits per heavy atom. The molecule has 11 heavy (non-hydrogen) atoms. The third-order valence-electron chi connectivity index (χ3n) is 2.56. The minimum Gasteiger partial charge on any atom is -0.300 e. The van der Waals surface area contributed by atoms with Gasteiger partial charge in [0.15, 0.2) is 0 Å². The molecule has 0 N–H and O–H groups in total. The molecule has 0 rings (SSSR count). The van der Waals surface area contributed by atoms with Gasteiger partial charge in [0.1, 0.15) is 5.78 Å². The van der Waals surface area contributed by atoms with Gasteiger partial charge in [0.2, 0.25) is 0 Å². The number of Topliss-reactive ketones (excluding diaryl/α,β-unsaturated/α-hetero) is 1. The van der Waals surface area contributed by atoms with Crippen LogP contribution in [0.25, 0.3) is 0 Å². The summed E-state index contributed by atoms with van der Waals surface area (Å²) in [4.78, 5) is 11.0. The van der Waals surface area contributed by atoms with Gasteiger partial charge in [0.25, 0.3) is 0 Å². The number of hydrogen-bond donors (Lipinski definition) is 0. The summed E-state index contributed by atoms with van der Waals surface area (Å²) in [6, 6.07) is 0. The van der Waals surface area contributed by atoms with Crippen LogP contribution in [0, 0.1) is 11.8 Å². The predicted octanol–water partition coefficient (Wildman–Crippen LogP) is 3.04. The van der Waals surface area contributed by atoms with E-state index in [0.717, 1.165) is 6.42 Å². The Bertz CT molecular complexity index is 118. The van der Waals surface area contributed by atoms with Gasteiger partial charge in [-0.15, -0.1) is 0 Å². The van der Waals surface area contributed by atoms with E-state index in [4.69, 9.17) is 0 Å². The number of carbonyl (C=O) groups is 1. The molecule has 0 aromatic rings. The molecule has 0 aromatic heterocycles. The van der Waals surface area contributed by atoms with Crippen LogP contribution in [-0.2, 0) is 4.79 Å². The van der Waals surface area contributed by atoms with Gasteiger partial charge in [-0.1, -0.05) is 34.1 Å². The van der Waals surface area contributed by atoms with E-state index in [0.29, 0.717) is 24.0 Å². The highest BCUT2D eigenvalue weighted by Gasteiger charge is 2.12. The van der Waals surface area contributed by atoms with Gasteiger partial charge in [0, 0.05) is 12.8 Å². The van der Waals surface area contributed by atoms with Crippen molar-refractivity contribution < 1.29 is 4.79 Å². The molecule has 0 radical (unpaired) electrons. The van der Waals surface area contributed by atoms with E-state index in [2.05, 4.69) is 20.8 Å². The SMILES string of the molecule is CCC(=O)CC(C)C(C)CC. The van der Waals surface area contributed by atoms with Gasteiger partial charge in [-0.2, -0.15) is 0 Å². The normalized spacial score (nSPS) is 16.0. The highest BCUT2D eigenvalue weighted by atomic mass is 16.1. The zero-order valence-corrected chi connectivity index (χ0v) is 8.18. The molecule has 0 saturated heterocycles. The molecular formula is C10H20O. The van der Waals surface area contributed by atoms with Crippen molar-refractivity contribution in [2.75, 3.05) is 0 Å². The summed E-state index contributed by atoms with van der Waals surface area (Å²) < 4.78 is 0. The summed E-state index contributed by atoms with van der Waals surface area (Å²) in [5, 5.41) is 0. The van der Waals surface area contributed by atoms with Crippen LogP contribution in [0.2, 0.25) is 0 Å². The van der Waals surface area contributed by atoms with Gasteiger partial charge in [0.05, 0.1) is 0 Å². The Hall–Kier alpha value is -0.330. The lowest BCUT2D eigenvalue weighted by Gasteiger charge is -2.16. The van der Waals surface area contributed by atoms with Crippen molar-refractivity contribution in [3.8, 4) is 0 Å². The molecule has 0 fully saturated rings. The van der Waals surface area contributed by atoms with E-state index in [1.165, 1.54) is 6.42 Å². The second-order valence-corrected chi connectivity index (χ2v) is 3.46. The minimum absolute atomic E-state index is 0.401. The molecule has 2 atom stereocenters. The van der Waals surface area contributed by atoms with Crippen molar-refractivity contribution in [2.45, 2.75) is 47.0 Å². The number of hydrogen-bond acceptors (Lipinski definition) is 1. The lowest BCUT2D eigenvalue weighted by molar-refractivity contribution is -0.119. The lowest BCUT2D eigenvalue weighted by atomic mass is 9.89. The Labute approximate surface area is 70.2 Å². The fourth-order valence-corrected chi connectivity index (χ4v) is 1.11. The van der Waals surface area contributed by atoms with Crippen molar-refractivity contribution >= 4 is 5.78 Å². The van der Waals surface area contributed by atoms with Gasteiger partial charge in [-0.25, -0.2) is 0 Å². The second-order valence-electron chi connectivity index (χ2n) is 3.46. The molecular weight excluding hydrogens is 136 g/mol. The summed E-state index contributed by atoms with van der Waals surface area (Å²) in [5.41, 5.74) is 0. The van der Waals surface area contributed by atoms with E-state index in [-0.39, 0.29) is 0 Å². The average molecular weight is 156 g/mol. The molecule has 0 bridgehead atoms. The smallest absolute Gasteiger partial charge is 0.132 e. The van der Waals surface area contributed by atoms with Crippen LogP contribution in [0.3, 0.4) is 0 Å². The summed E-state index contributed by atoms with van der Waals surface area (Å²) in [6.07, 6.45) is 2.64. The third-order valence-corrected chi connectivity index (χ3v) is 2.56. The van der Waals surface area contributed by atoms with Crippen LogP contribution in [-0.4, -0.2) is 5.78 Å². The molecule has 0 aliphatic heterocycles. The maximum atomic E-state index is 11.0. The minimum atomic E-state index is 0.401. The van der Waals surface area contributed by atoms with E-state index in [1.807, 2.05) is 6.92 Å². The predicted molar refractivity (Wildman–Crippen MR) is 48.5 cm³/mol. The Morgan fingerprint density at radius 3 is 2.09 bits per heavy atom. The molecule has 1 nitrogen and oxygen atoms in total. The summed E-state index contributed by atoms with van der Waals surface area (Å²) in [7, 11) is 0. The first-order valence-electron chi connectivity index (χ1n) is 4.63. The van der Waals surface area contributed by atoms with Gasteiger partial charge < -0.3 is 0 Å². The maximum Gasteiger partial charge on any atom is 0.132 e. The molecule has 2 unspecified atom stereocenters. The standard InChI is InChI=1S/C10H20O/c1-5-8(3)9(4)7-10(11)6-2/h8-9H,5-7H2,1-4H3. The average Bonchev–Trinajstić information content (AvgIpc) is 2.02. The highest BCUT2D eigenvalue weighted by molar-refractivity contribution is 5.78. The molecule has 0 heterocycles. The molecule has 1 heteroatoms. The molecule has 0 spiro atoms. The molecule has 66 valence electrons. The van der Waals surface area contributed by atoms with Crippen molar-refractivity contribution in [1.82, 2.24) is 0 Å². The zero-order valence-electron chi connectivity index (χ0n) is 8.18. The topological polar surface area (TPSA) is 17.1 Å². The van der Waals surface area contributed by atoms with E-state index < -0.39 is 0 Å². The van der Waals surface area contributed by atoms with E-state index >= 15 is 0 Å². The Morgan fingerprint density at radius 1 is 1.18 bits per heavy atom. The third kappa shape index (κ3) is 4.18. The number of ketones is 1. The Balaban J connectivity index is 3.67. The number of rotatable bonds is 5. The molecule has 0 aromatic carbocycles. The molecule has 0 aliphatic rings. The first-order valence-corrected chi connectivity index (χ1v) is 4.63. The summed E-state index contributed by atoms with van der Waals surface area (Å²) in [6.45, 7) is 8.50. The summed E-state index contributed by atoms with van der Waals surface area (Å²) >= 11 is 0. The fraction of sp³-hybridized carbons (Fsp3) is 0.900. The molecule has 0 aliphatic carbocycles. The fourth-order valence-electron chi connectivity index (χ4n) is 1.11. The largest absolute Gasteiger partial charge is 0.300 e. The van der Waals surface area contributed by atoms with Crippen LogP contribution < -0.4 is 0 Å². The quantitative estimate of drug-likeness (QED) is 0.598. The number of carbonyl (C=O) groups excluding carboxylic acids is 1. The van der Waals surface area contributed by atoms with Crippen LogP contribution >= 0.6 is 0 Å². The van der Waals surface area contributed by atoms with E-state index in [1.54, 1.807) is 0 Å². The van der Waals surface area contributed by atoms with Crippen molar-refractivity contribution in [1.29, 1.82) is 0 Å². The van der Waals surface area contributed by atoms with Crippen LogP contribution in [0.4, 0.5) is 0 Å². The highest BCUT2D eigenvalue weighted by Crippen LogP contribution is 2.18. The lowest BCUT2D eigenvalue weighted by Crippen LogP contribution is -2.11. The van der Waals surface area contributed by atoms with E-state index in [9.17, 15) is 4.79 Å². The van der Waals surface area contributed by atoms with Crippen LogP contribution in [0.5, 0.6) is 0 Å². The van der Waals surface area contributed by atoms with Crippen molar-refractivity contribution in [3.63, 3.8) is 0 Å². The van der Waals surface area contributed by atoms with Gasteiger partial charge in [-0.3, -0.25) is 4.79 Å². The van der Waals surface area contributed by atoms with Crippen molar-refractivity contribution in [2.24, 2.45) is 11.8 Å². The second kappa shape index (κ2) is 5.34. The zero-order chi connectivity index (χ0) is 8.85.